The quantitative estimate of drug-likeness (QED) is 0.801. The Morgan fingerprint density at radius 3 is 2.27 bits per heavy atom. The average molecular weight is 207 g/mol. The second kappa shape index (κ2) is 5.76. The fourth-order valence-corrected chi connectivity index (χ4v) is 1.32. The fourth-order valence-electron chi connectivity index (χ4n) is 1.32. The topological polar surface area (TPSA) is 21.3 Å². The Hall–Kier alpha value is -1.02. The third-order valence-corrected chi connectivity index (χ3v) is 2.73. The van der Waals surface area contributed by atoms with Crippen LogP contribution in [0.2, 0.25) is 0 Å². The van der Waals surface area contributed by atoms with Gasteiger partial charge in [-0.05, 0) is 45.0 Å². The Labute approximate surface area is 92.6 Å². The molecule has 0 amide bonds. The molecule has 1 aromatic carbocycles. The van der Waals surface area contributed by atoms with E-state index in [-0.39, 0.29) is 6.10 Å². The van der Waals surface area contributed by atoms with Gasteiger partial charge in [-0.3, -0.25) is 0 Å². The van der Waals surface area contributed by atoms with Crippen LogP contribution in [0.25, 0.3) is 0 Å². The predicted octanol–water partition coefficient (Wildman–Crippen LogP) is 3.14. The maximum absolute atomic E-state index is 5.71. The van der Waals surface area contributed by atoms with Gasteiger partial charge in [-0.1, -0.05) is 19.1 Å². The number of rotatable bonds is 5. The van der Waals surface area contributed by atoms with Gasteiger partial charge in [-0.25, -0.2) is 0 Å². The lowest BCUT2D eigenvalue weighted by Crippen LogP contribution is -2.12. The molecular formula is C13H21NO. The van der Waals surface area contributed by atoms with Crippen molar-refractivity contribution in [3.05, 3.63) is 29.8 Å². The van der Waals surface area contributed by atoms with Crippen LogP contribution in [0.3, 0.4) is 0 Å². The van der Waals surface area contributed by atoms with Crippen LogP contribution in [0.5, 0.6) is 5.75 Å². The van der Waals surface area contributed by atoms with Gasteiger partial charge < -0.3 is 10.1 Å². The summed E-state index contributed by atoms with van der Waals surface area (Å²) in [7, 11) is 1.97. The molecule has 2 atom stereocenters. The highest BCUT2D eigenvalue weighted by Crippen LogP contribution is 2.18. The van der Waals surface area contributed by atoms with Gasteiger partial charge in [0, 0.05) is 6.04 Å². The van der Waals surface area contributed by atoms with Crippen molar-refractivity contribution in [3.8, 4) is 5.75 Å². The van der Waals surface area contributed by atoms with Gasteiger partial charge in [0.1, 0.15) is 5.75 Å². The Morgan fingerprint density at radius 1 is 1.20 bits per heavy atom. The minimum absolute atomic E-state index is 0.289. The summed E-state index contributed by atoms with van der Waals surface area (Å²) >= 11 is 0. The van der Waals surface area contributed by atoms with Gasteiger partial charge in [0.25, 0.3) is 0 Å². The molecule has 0 aromatic heterocycles. The van der Waals surface area contributed by atoms with Gasteiger partial charge in [0.05, 0.1) is 6.10 Å². The Kier molecular flexibility index (Phi) is 4.63. The first-order valence-corrected chi connectivity index (χ1v) is 5.61. The first-order chi connectivity index (χ1) is 7.17. The van der Waals surface area contributed by atoms with Gasteiger partial charge in [0.15, 0.2) is 0 Å². The van der Waals surface area contributed by atoms with Crippen LogP contribution < -0.4 is 10.1 Å². The zero-order valence-electron chi connectivity index (χ0n) is 10.1. The molecule has 2 heteroatoms. The first kappa shape index (κ1) is 12.1. The lowest BCUT2D eigenvalue weighted by Gasteiger charge is -2.14. The largest absolute Gasteiger partial charge is 0.491 e. The van der Waals surface area contributed by atoms with Crippen LogP contribution in [-0.2, 0) is 0 Å². The minimum Gasteiger partial charge on any atom is -0.491 e. The van der Waals surface area contributed by atoms with Crippen LogP contribution >= 0.6 is 0 Å². The van der Waals surface area contributed by atoms with Gasteiger partial charge in [0.2, 0.25) is 0 Å². The van der Waals surface area contributed by atoms with Crippen molar-refractivity contribution in [2.24, 2.45) is 0 Å². The lowest BCUT2D eigenvalue weighted by atomic mass is 10.1. The summed E-state index contributed by atoms with van der Waals surface area (Å²) in [5.74, 6) is 0.955. The maximum Gasteiger partial charge on any atom is 0.119 e. The molecule has 0 radical (unpaired) electrons. The van der Waals surface area contributed by atoms with E-state index in [1.165, 1.54) is 5.56 Å². The second-order valence-electron chi connectivity index (χ2n) is 3.92. The summed E-state index contributed by atoms with van der Waals surface area (Å²) < 4.78 is 5.71. The highest BCUT2D eigenvalue weighted by Gasteiger charge is 2.04. The summed E-state index contributed by atoms with van der Waals surface area (Å²) in [4.78, 5) is 0. The van der Waals surface area contributed by atoms with Crippen molar-refractivity contribution in [3.63, 3.8) is 0 Å². The van der Waals surface area contributed by atoms with E-state index in [9.17, 15) is 0 Å². The van der Waals surface area contributed by atoms with E-state index in [4.69, 9.17) is 4.74 Å². The molecule has 0 heterocycles. The third-order valence-electron chi connectivity index (χ3n) is 2.73. The molecule has 0 saturated carbocycles. The number of ether oxygens (including phenoxy) is 1. The molecule has 15 heavy (non-hydrogen) atoms. The number of hydrogen-bond acceptors (Lipinski definition) is 2. The highest BCUT2D eigenvalue weighted by molar-refractivity contribution is 5.29. The van der Waals surface area contributed by atoms with Crippen LogP contribution in [0.15, 0.2) is 24.3 Å². The molecule has 0 fully saturated rings. The lowest BCUT2D eigenvalue weighted by molar-refractivity contribution is 0.217. The Morgan fingerprint density at radius 2 is 1.80 bits per heavy atom. The molecular weight excluding hydrogens is 186 g/mol. The highest BCUT2D eigenvalue weighted by atomic mass is 16.5. The SMILES string of the molecule is CC[C@H](C)Oc1ccc([C@H](C)NC)cc1. The van der Waals surface area contributed by atoms with Gasteiger partial charge >= 0.3 is 0 Å². The van der Waals surface area contributed by atoms with Crippen LogP contribution in [0.1, 0.15) is 38.8 Å². The molecule has 0 saturated heterocycles. The molecule has 1 N–H and O–H groups in total. The van der Waals surface area contributed by atoms with Crippen LogP contribution in [0, 0.1) is 0 Å². The normalized spacial score (nSPS) is 14.7. The number of hydrogen-bond donors (Lipinski definition) is 1. The monoisotopic (exact) mass is 207 g/mol. The zero-order valence-corrected chi connectivity index (χ0v) is 10.1. The molecule has 0 unspecified atom stereocenters. The van der Waals surface area contributed by atoms with Crippen molar-refractivity contribution in [1.82, 2.24) is 5.32 Å². The standard InChI is InChI=1S/C13H21NO/c1-5-10(2)15-13-8-6-12(7-9-13)11(3)14-4/h6-11,14H,5H2,1-4H3/t10-,11-/m0/s1. The van der Waals surface area contributed by atoms with Crippen molar-refractivity contribution in [2.75, 3.05) is 7.05 Å². The molecule has 2 nitrogen and oxygen atoms in total. The third kappa shape index (κ3) is 3.56. The molecule has 0 aliphatic carbocycles. The van der Waals surface area contributed by atoms with E-state index >= 15 is 0 Å². The minimum atomic E-state index is 0.289. The zero-order chi connectivity index (χ0) is 11.3. The van der Waals surface area contributed by atoms with Crippen molar-refractivity contribution >= 4 is 0 Å². The fraction of sp³-hybridized carbons (Fsp3) is 0.538. The van der Waals surface area contributed by atoms with Crippen molar-refractivity contribution < 1.29 is 4.74 Å². The van der Waals surface area contributed by atoms with Gasteiger partial charge in [-0.2, -0.15) is 0 Å². The predicted molar refractivity (Wildman–Crippen MR) is 64.3 cm³/mol. The number of nitrogens with one attached hydrogen (secondary N) is 1. The van der Waals surface area contributed by atoms with E-state index < -0.39 is 0 Å². The number of benzene rings is 1. The van der Waals surface area contributed by atoms with E-state index in [0.717, 1.165) is 12.2 Å². The molecule has 0 spiro atoms. The van der Waals surface area contributed by atoms with Crippen molar-refractivity contribution in [2.45, 2.75) is 39.3 Å². The summed E-state index contributed by atoms with van der Waals surface area (Å²) in [5.41, 5.74) is 1.29. The Bertz CT molecular complexity index is 281. The molecule has 0 aliphatic heterocycles. The van der Waals surface area contributed by atoms with Crippen LogP contribution in [-0.4, -0.2) is 13.2 Å². The van der Waals surface area contributed by atoms with Crippen molar-refractivity contribution in [1.29, 1.82) is 0 Å². The average Bonchev–Trinajstić information content (AvgIpc) is 2.29. The molecule has 1 aromatic rings. The molecule has 84 valence electrons. The summed E-state index contributed by atoms with van der Waals surface area (Å²) in [6, 6.07) is 8.69. The smallest absolute Gasteiger partial charge is 0.119 e. The van der Waals surface area contributed by atoms with Crippen LogP contribution in [0.4, 0.5) is 0 Å². The molecule has 1 rings (SSSR count). The Balaban J connectivity index is 2.64. The molecule has 0 bridgehead atoms. The molecule has 0 aliphatic rings. The van der Waals surface area contributed by atoms with E-state index in [1.807, 2.05) is 19.2 Å². The second-order valence-corrected chi connectivity index (χ2v) is 3.92. The van der Waals surface area contributed by atoms with E-state index in [0.29, 0.717) is 6.04 Å². The summed E-state index contributed by atoms with van der Waals surface area (Å²) in [6.07, 6.45) is 1.33. The van der Waals surface area contributed by atoms with Gasteiger partial charge in [-0.15, -0.1) is 0 Å². The summed E-state index contributed by atoms with van der Waals surface area (Å²) in [5, 5.41) is 3.21. The first-order valence-electron chi connectivity index (χ1n) is 5.61. The summed E-state index contributed by atoms with van der Waals surface area (Å²) in [6.45, 7) is 6.36. The van der Waals surface area contributed by atoms with E-state index in [1.54, 1.807) is 0 Å². The maximum atomic E-state index is 5.71. The van der Waals surface area contributed by atoms with E-state index in [2.05, 4.69) is 38.2 Å².